The van der Waals surface area contributed by atoms with Crippen LogP contribution in [0.5, 0.6) is 0 Å². The first-order valence-electron chi connectivity index (χ1n) is 8.68. The summed E-state index contributed by atoms with van der Waals surface area (Å²) < 4.78 is 4.80. The molecule has 0 aliphatic carbocycles. The Hall–Kier alpha value is -2.21. The lowest BCUT2D eigenvalue weighted by molar-refractivity contribution is -0.147. The van der Waals surface area contributed by atoms with E-state index in [1.807, 2.05) is 36.9 Å². The second-order valence-corrected chi connectivity index (χ2v) is 6.91. The first-order valence-corrected chi connectivity index (χ1v) is 8.68. The fourth-order valence-corrected chi connectivity index (χ4v) is 3.82. The lowest BCUT2D eigenvalue weighted by Gasteiger charge is -2.33. The van der Waals surface area contributed by atoms with Crippen molar-refractivity contribution in [3.05, 3.63) is 29.3 Å². The Kier molecular flexibility index (Phi) is 4.90. The maximum absolute atomic E-state index is 12.9. The summed E-state index contributed by atoms with van der Waals surface area (Å²) in [5.41, 5.74) is 2.70. The maximum Gasteiger partial charge on any atom is 0.308 e. The zero-order chi connectivity index (χ0) is 18.1. The minimum atomic E-state index is -0.424. The Bertz CT molecular complexity index is 707. The van der Waals surface area contributed by atoms with Crippen LogP contribution in [0.25, 0.3) is 0 Å². The van der Waals surface area contributed by atoms with Crippen LogP contribution >= 0.6 is 0 Å². The molecule has 2 saturated heterocycles. The van der Waals surface area contributed by atoms with Crippen LogP contribution in [-0.4, -0.2) is 48.9 Å². The lowest BCUT2D eigenvalue weighted by atomic mass is 9.95. The van der Waals surface area contributed by atoms with Gasteiger partial charge in [0.25, 0.3) is 5.91 Å². The van der Waals surface area contributed by atoms with Gasteiger partial charge in [0.2, 0.25) is 5.91 Å². The van der Waals surface area contributed by atoms with Crippen LogP contribution in [0, 0.1) is 19.8 Å². The Morgan fingerprint density at radius 2 is 1.84 bits per heavy atom. The van der Waals surface area contributed by atoms with Crippen LogP contribution in [0.2, 0.25) is 0 Å². The van der Waals surface area contributed by atoms with Gasteiger partial charge in [0, 0.05) is 0 Å². The number of rotatable bonds is 3. The second kappa shape index (κ2) is 6.96. The average Bonchev–Trinajstić information content (AvgIpc) is 2.89. The number of anilines is 1. The van der Waals surface area contributed by atoms with Crippen molar-refractivity contribution in [1.82, 2.24) is 4.90 Å². The van der Waals surface area contributed by atoms with Gasteiger partial charge in [-0.05, 0) is 51.4 Å². The Labute approximate surface area is 147 Å². The molecule has 1 atom stereocenters. The molecule has 6 nitrogen and oxygen atoms in total. The summed E-state index contributed by atoms with van der Waals surface area (Å²) in [5.74, 6) is -0.611. The highest BCUT2D eigenvalue weighted by molar-refractivity contribution is 6.22. The monoisotopic (exact) mass is 344 g/mol. The van der Waals surface area contributed by atoms with Crippen molar-refractivity contribution in [2.45, 2.75) is 39.2 Å². The molecule has 3 rings (SSSR count). The highest BCUT2D eigenvalue weighted by Crippen LogP contribution is 2.31. The topological polar surface area (TPSA) is 66.9 Å². The highest BCUT2D eigenvalue weighted by Gasteiger charge is 2.44. The van der Waals surface area contributed by atoms with Gasteiger partial charge < -0.3 is 4.74 Å². The van der Waals surface area contributed by atoms with Gasteiger partial charge in [0.15, 0.2) is 0 Å². The molecule has 1 aromatic rings. The van der Waals surface area contributed by atoms with Crippen LogP contribution in [0.1, 0.15) is 30.4 Å². The predicted octanol–water partition coefficient (Wildman–Crippen LogP) is 1.82. The van der Waals surface area contributed by atoms with Crippen LogP contribution in [0.15, 0.2) is 18.2 Å². The van der Waals surface area contributed by atoms with E-state index in [1.54, 1.807) is 0 Å². The normalized spacial score (nSPS) is 22.5. The van der Waals surface area contributed by atoms with Gasteiger partial charge in [-0.25, -0.2) is 4.90 Å². The van der Waals surface area contributed by atoms with Crippen molar-refractivity contribution >= 4 is 23.5 Å². The molecule has 0 radical (unpaired) electrons. The molecule has 6 heteroatoms. The minimum absolute atomic E-state index is 0.107. The number of methoxy groups -OCH3 is 1. The number of carbonyl (C=O) groups excluding carboxylic acids is 3. The number of hydrogen-bond donors (Lipinski definition) is 0. The predicted molar refractivity (Wildman–Crippen MR) is 93.1 cm³/mol. The van der Waals surface area contributed by atoms with Crippen molar-refractivity contribution in [3.8, 4) is 0 Å². The summed E-state index contributed by atoms with van der Waals surface area (Å²) in [4.78, 5) is 40.4. The first kappa shape index (κ1) is 17.6. The van der Waals surface area contributed by atoms with Gasteiger partial charge in [-0.15, -0.1) is 0 Å². The third-order valence-electron chi connectivity index (χ3n) is 5.22. The molecule has 1 aromatic carbocycles. The average molecular weight is 344 g/mol. The number of nitrogens with zero attached hydrogens (tertiary/aromatic N) is 2. The third kappa shape index (κ3) is 3.31. The van der Waals surface area contributed by atoms with Crippen molar-refractivity contribution < 1.29 is 19.1 Å². The van der Waals surface area contributed by atoms with Crippen molar-refractivity contribution in [1.29, 1.82) is 0 Å². The number of amides is 2. The summed E-state index contributed by atoms with van der Waals surface area (Å²) in [6.07, 6.45) is 1.53. The molecule has 0 N–H and O–H groups in total. The molecule has 2 aliphatic heterocycles. The molecule has 2 fully saturated rings. The molecular weight excluding hydrogens is 320 g/mol. The van der Waals surface area contributed by atoms with E-state index in [4.69, 9.17) is 4.74 Å². The van der Waals surface area contributed by atoms with Gasteiger partial charge >= 0.3 is 5.97 Å². The van der Waals surface area contributed by atoms with E-state index in [-0.39, 0.29) is 30.1 Å². The fourth-order valence-electron chi connectivity index (χ4n) is 3.82. The van der Waals surface area contributed by atoms with Crippen molar-refractivity contribution in [3.63, 3.8) is 0 Å². The fraction of sp³-hybridized carbons (Fsp3) is 0.526. The molecule has 0 spiro atoms. The number of hydrogen-bond acceptors (Lipinski definition) is 5. The standard InChI is InChI=1S/C19H24N2O4/c1-12-4-5-15(13(2)10-12)21-17(22)11-16(18(21)23)20-8-6-14(7-9-20)19(24)25-3/h4-5,10,14,16H,6-9,11H2,1-3H3/t16-/m1/s1. The Morgan fingerprint density at radius 3 is 2.44 bits per heavy atom. The summed E-state index contributed by atoms with van der Waals surface area (Å²) in [7, 11) is 1.40. The number of imide groups is 1. The van der Waals surface area contributed by atoms with Gasteiger partial charge in [0.05, 0.1) is 31.2 Å². The number of ether oxygens (including phenoxy) is 1. The van der Waals surface area contributed by atoms with Gasteiger partial charge in [-0.2, -0.15) is 0 Å². The molecule has 0 unspecified atom stereocenters. The van der Waals surface area contributed by atoms with Crippen molar-refractivity contribution in [2.24, 2.45) is 5.92 Å². The largest absolute Gasteiger partial charge is 0.469 e. The van der Waals surface area contributed by atoms with Crippen LogP contribution in [-0.2, 0) is 19.1 Å². The van der Waals surface area contributed by atoms with E-state index < -0.39 is 6.04 Å². The van der Waals surface area contributed by atoms with Gasteiger partial charge in [0.1, 0.15) is 0 Å². The van der Waals surface area contributed by atoms with E-state index in [0.29, 0.717) is 31.6 Å². The summed E-state index contributed by atoms with van der Waals surface area (Å²) >= 11 is 0. The van der Waals surface area contributed by atoms with Gasteiger partial charge in [-0.3, -0.25) is 19.3 Å². The molecular formula is C19H24N2O4. The molecule has 2 amide bonds. The number of carbonyl (C=O) groups is 3. The summed E-state index contributed by atoms with van der Waals surface area (Å²) in [6, 6.07) is 5.31. The molecule has 2 heterocycles. The van der Waals surface area contributed by atoms with Crippen LogP contribution < -0.4 is 4.90 Å². The van der Waals surface area contributed by atoms with Crippen molar-refractivity contribution in [2.75, 3.05) is 25.1 Å². The maximum atomic E-state index is 12.9. The number of benzene rings is 1. The molecule has 0 bridgehead atoms. The highest BCUT2D eigenvalue weighted by atomic mass is 16.5. The Morgan fingerprint density at radius 1 is 1.16 bits per heavy atom. The van der Waals surface area contributed by atoms with Crippen LogP contribution in [0.3, 0.4) is 0 Å². The quantitative estimate of drug-likeness (QED) is 0.618. The molecule has 2 aliphatic rings. The summed E-state index contributed by atoms with van der Waals surface area (Å²) in [5, 5.41) is 0. The zero-order valence-electron chi connectivity index (χ0n) is 14.9. The van der Waals surface area contributed by atoms with E-state index in [1.165, 1.54) is 12.0 Å². The lowest BCUT2D eigenvalue weighted by Crippen LogP contribution is -2.47. The number of aryl methyl sites for hydroxylation is 2. The second-order valence-electron chi connectivity index (χ2n) is 6.91. The third-order valence-corrected chi connectivity index (χ3v) is 5.22. The minimum Gasteiger partial charge on any atom is -0.469 e. The zero-order valence-corrected chi connectivity index (χ0v) is 14.9. The SMILES string of the molecule is COC(=O)C1CCN([C@@H]2CC(=O)N(c3ccc(C)cc3C)C2=O)CC1. The van der Waals surface area contributed by atoms with Crippen LogP contribution in [0.4, 0.5) is 5.69 Å². The Balaban J connectivity index is 1.73. The molecule has 0 aromatic heterocycles. The number of piperidine rings is 1. The van der Waals surface area contributed by atoms with E-state index in [2.05, 4.69) is 0 Å². The van der Waals surface area contributed by atoms with E-state index in [0.717, 1.165) is 11.1 Å². The summed E-state index contributed by atoms with van der Waals surface area (Å²) in [6.45, 7) is 5.16. The first-order chi connectivity index (χ1) is 11.9. The molecule has 25 heavy (non-hydrogen) atoms. The smallest absolute Gasteiger partial charge is 0.308 e. The molecule has 0 saturated carbocycles. The van der Waals surface area contributed by atoms with Gasteiger partial charge in [-0.1, -0.05) is 17.7 Å². The van der Waals surface area contributed by atoms with E-state index in [9.17, 15) is 14.4 Å². The number of likely N-dealkylation sites (tertiary alicyclic amines) is 1. The molecule has 134 valence electrons. The number of esters is 1. The van der Waals surface area contributed by atoms with E-state index >= 15 is 0 Å².